The lowest BCUT2D eigenvalue weighted by Crippen LogP contribution is -2.48. The fraction of sp³-hybridized carbons (Fsp3) is 0.556. The van der Waals surface area contributed by atoms with Gasteiger partial charge in [-0.15, -0.1) is 0 Å². The largest absolute Gasteiger partial charge is 0.356 e. The fourth-order valence-corrected chi connectivity index (χ4v) is 4.00. The number of carbonyl (C=O) groups is 2. The first kappa shape index (κ1) is 16.3. The number of carbonyl (C=O) groups excluding carboxylic acids is 2. The molecule has 0 aliphatic carbocycles. The standard InChI is InChI=1S/C18H23ClN2O2/c1-11-7-14(15(19)8-12(11)2)18(23)21-6-4-3-5-16(21)13-9-17(22)20-10-13/h7-8,13,16H,3-6,9-10H2,1-2H3,(H,20,22)/t13-,16-/m1/s1. The van der Waals surface area contributed by atoms with Crippen LogP contribution in [0.15, 0.2) is 12.1 Å². The Balaban J connectivity index is 1.87. The molecule has 1 aromatic carbocycles. The molecule has 0 aromatic heterocycles. The van der Waals surface area contributed by atoms with Crippen LogP contribution in [-0.2, 0) is 4.79 Å². The summed E-state index contributed by atoms with van der Waals surface area (Å²) in [4.78, 5) is 26.6. The van der Waals surface area contributed by atoms with Crippen LogP contribution in [0, 0.1) is 19.8 Å². The van der Waals surface area contributed by atoms with Crippen molar-refractivity contribution in [2.24, 2.45) is 5.92 Å². The van der Waals surface area contributed by atoms with Gasteiger partial charge in [0.2, 0.25) is 5.91 Å². The SMILES string of the molecule is Cc1cc(Cl)c(C(=O)N2CCCC[C@@H]2[C@H]2CNC(=O)C2)cc1C. The lowest BCUT2D eigenvalue weighted by Gasteiger charge is -2.39. The summed E-state index contributed by atoms with van der Waals surface area (Å²) in [5.74, 6) is 0.316. The van der Waals surface area contributed by atoms with Crippen LogP contribution in [0.5, 0.6) is 0 Å². The molecule has 2 aliphatic rings. The van der Waals surface area contributed by atoms with Gasteiger partial charge in [-0.05, 0) is 56.4 Å². The van der Waals surface area contributed by atoms with Gasteiger partial charge in [0, 0.05) is 31.5 Å². The Labute approximate surface area is 142 Å². The Hall–Kier alpha value is -1.55. The van der Waals surface area contributed by atoms with Crippen LogP contribution in [0.4, 0.5) is 0 Å². The molecule has 0 bridgehead atoms. The minimum Gasteiger partial charge on any atom is -0.356 e. The van der Waals surface area contributed by atoms with E-state index in [-0.39, 0.29) is 23.8 Å². The van der Waals surface area contributed by atoms with Crippen molar-refractivity contribution in [3.8, 4) is 0 Å². The summed E-state index contributed by atoms with van der Waals surface area (Å²) in [6, 6.07) is 3.89. The smallest absolute Gasteiger partial charge is 0.255 e. The van der Waals surface area contributed by atoms with Crippen LogP contribution >= 0.6 is 11.6 Å². The van der Waals surface area contributed by atoms with E-state index in [0.29, 0.717) is 23.6 Å². The summed E-state index contributed by atoms with van der Waals surface area (Å²) in [5, 5.41) is 3.41. The summed E-state index contributed by atoms with van der Waals surface area (Å²) in [7, 11) is 0. The minimum absolute atomic E-state index is 0.00199. The van der Waals surface area contributed by atoms with E-state index in [1.807, 2.05) is 30.9 Å². The number of nitrogens with zero attached hydrogens (tertiary/aromatic N) is 1. The maximum Gasteiger partial charge on any atom is 0.255 e. The molecule has 0 radical (unpaired) electrons. The number of nitrogens with one attached hydrogen (secondary N) is 1. The highest BCUT2D eigenvalue weighted by Gasteiger charge is 2.37. The second kappa shape index (κ2) is 6.52. The van der Waals surface area contributed by atoms with Gasteiger partial charge >= 0.3 is 0 Å². The van der Waals surface area contributed by atoms with Crippen molar-refractivity contribution in [3.05, 3.63) is 33.8 Å². The molecule has 2 heterocycles. The van der Waals surface area contributed by atoms with Crippen molar-refractivity contribution in [2.75, 3.05) is 13.1 Å². The van der Waals surface area contributed by atoms with Crippen LogP contribution in [0.2, 0.25) is 5.02 Å². The molecule has 5 heteroatoms. The van der Waals surface area contributed by atoms with Crippen molar-refractivity contribution < 1.29 is 9.59 Å². The second-order valence-corrected chi connectivity index (χ2v) is 7.15. The van der Waals surface area contributed by atoms with E-state index in [1.165, 1.54) is 0 Å². The van der Waals surface area contributed by atoms with Crippen molar-refractivity contribution in [1.29, 1.82) is 0 Å². The topological polar surface area (TPSA) is 49.4 Å². The van der Waals surface area contributed by atoms with E-state index in [9.17, 15) is 9.59 Å². The van der Waals surface area contributed by atoms with E-state index in [0.717, 1.165) is 36.9 Å². The normalized spacial score (nSPS) is 24.7. The second-order valence-electron chi connectivity index (χ2n) is 6.75. The van der Waals surface area contributed by atoms with Crippen molar-refractivity contribution in [2.45, 2.75) is 45.6 Å². The van der Waals surface area contributed by atoms with Gasteiger partial charge in [0.25, 0.3) is 5.91 Å². The van der Waals surface area contributed by atoms with Crippen LogP contribution < -0.4 is 5.32 Å². The highest BCUT2D eigenvalue weighted by molar-refractivity contribution is 6.34. The maximum atomic E-state index is 13.1. The highest BCUT2D eigenvalue weighted by Crippen LogP contribution is 2.31. The Bertz CT molecular complexity index is 644. The number of hydrogen-bond donors (Lipinski definition) is 1. The van der Waals surface area contributed by atoms with E-state index in [1.54, 1.807) is 0 Å². The third-order valence-electron chi connectivity index (χ3n) is 5.18. The molecule has 2 amide bonds. The van der Waals surface area contributed by atoms with Gasteiger partial charge in [-0.2, -0.15) is 0 Å². The zero-order chi connectivity index (χ0) is 16.6. The first-order chi connectivity index (χ1) is 11.0. The summed E-state index contributed by atoms with van der Waals surface area (Å²) < 4.78 is 0. The van der Waals surface area contributed by atoms with Crippen LogP contribution in [0.3, 0.4) is 0 Å². The molecule has 3 rings (SSSR count). The van der Waals surface area contributed by atoms with Crippen molar-refractivity contribution in [1.82, 2.24) is 10.2 Å². The molecular weight excluding hydrogens is 312 g/mol. The first-order valence-corrected chi connectivity index (χ1v) is 8.69. The predicted molar refractivity (Wildman–Crippen MR) is 90.7 cm³/mol. The molecule has 1 aromatic rings. The van der Waals surface area contributed by atoms with E-state index < -0.39 is 0 Å². The van der Waals surface area contributed by atoms with Crippen LogP contribution in [0.1, 0.15) is 47.2 Å². The Morgan fingerprint density at radius 1 is 1.26 bits per heavy atom. The molecule has 0 saturated carbocycles. The number of rotatable bonds is 2. The van der Waals surface area contributed by atoms with E-state index >= 15 is 0 Å². The van der Waals surface area contributed by atoms with Gasteiger partial charge < -0.3 is 10.2 Å². The van der Waals surface area contributed by atoms with Gasteiger partial charge in [0.1, 0.15) is 0 Å². The van der Waals surface area contributed by atoms with E-state index in [4.69, 9.17) is 11.6 Å². The molecule has 0 unspecified atom stereocenters. The van der Waals surface area contributed by atoms with Gasteiger partial charge in [0.15, 0.2) is 0 Å². The Kier molecular flexibility index (Phi) is 4.62. The molecule has 124 valence electrons. The molecule has 2 saturated heterocycles. The number of amides is 2. The monoisotopic (exact) mass is 334 g/mol. The summed E-state index contributed by atoms with van der Waals surface area (Å²) in [5.41, 5.74) is 2.75. The molecule has 2 atom stereocenters. The summed E-state index contributed by atoms with van der Waals surface area (Å²) in [6.45, 7) is 5.41. The zero-order valence-electron chi connectivity index (χ0n) is 13.7. The molecular formula is C18H23ClN2O2. The average Bonchev–Trinajstić information content (AvgIpc) is 2.96. The minimum atomic E-state index is 0.00199. The lowest BCUT2D eigenvalue weighted by atomic mass is 9.89. The zero-order valence-corrected chi connectivity index (χ0v) is 14.4. The molecule has 0 spiro atoms. The number of aryl methyl sites for hydroxylation is 2. The van der Waals surface area contributed by atoms with Gasteiger partial charge in [0.05, 0.1) is 10.6 Å². The highest BCUT2D eigenvalue weighted by atomic mass is 35.5. The molecule has 2 aliphatic heterocycles. The van der Waals surface area contributed by atoms with E-state index in [2.05, 4.69) is 5.32 Å². The summed E-state index contributed by atoms with van der Waals surface area (Å²) in [6.07, 6.45) is 3.61. The molecule has 23 heavy (non-hydrogen) atoms. The lowest BCUT2D eigenvalue weighted by molar-refractivity contribution is -0.119. The Morgan fingerprint density at radius 2 is 2.00 bits per heavy atom. The quantitative estimate of drug-likeness (QED) is 0.903. The van der Waals surface area contributed by atoms with Gasteiger partial charge in [-0.25, -0.2) is 0 Å². The summed E-state index contributed by atoms with van der Waals surface area (Å²) >= 11 is 6.33. The molecule has 1 N–H and O–H groups in total. The number of halogens is 1. The molecule has 4 nitrogen and oxygen atoms in total. The van der Waals surface area contributed by atoms with Gasteiger partial charge in [-0.1, -0.05) is 11.6 Å². The maximum absolute atomic E-state index is 13.1. The van der Waals surface area contributed by atoms with Crippen molar-refractivity contribution >= 4 is 23.4 Å². The molecule has 2 fully saturated rings. The first-order valence-electron chi connectivity index (χ1n) is 8.32. The van der Waals surface area contributed by atoms with Crippen LogP contribution in [0.25, 0.3) is 0 Å². The predicted octanol–water partition coefficient (Wildman–Crippen LogP) is 3.09. The van der Waals surface area contributed by atoms with Crippen molar-refractivity contribution in [3.63, 3.8) is 0 Å². The number of hydrogen-bond acceptors (Lipinski definition) is 2. The third-order valence-corrected chi connectivity index (χ3v) is 5.49. The van der Waals surface area contributed by atoms with Gasteiger partial charge in [-0.3, -0.25) is 9.59 Å². The number of likely N-dealkylation sites (tertiary alicyclic amines) is 1. The Morgan fingerprint density at radius 3 is 2.70 bits per heavy atom. The number of piperidine rings is 1. The third kappa shape index (κ3) is 3.23. The number of benzene rings is 1. The fourth-order valence-electron chi connectivity index (χ4n) is 3.70. The average molecular weight is 335 g/mol. The van der Waals surface area contributed by atoms with Crippen LogP contribution in [-0.4, -0.2) is 35.8 Å².